The van der Waals surface area contributed by atoms with Gasteiger partial charge in [-0.2, -0.15) is 0 Å². The van der Waals surface area contributed by atoms with Crippen LogP contribution in [0.4, 0.5) is 22.7 Å². The van der Waals surface area contributed by atoms with Crippen molar-refractivity contribution in [2.75, 3.05) is 43.3 Å². The summed E-state index contributed by atoms with van der Waals surface area (Å²) in [5.41, 5.74) is 9.54. The van der Waals surface area contributed by atoms with Crippen molar-refractivity contribution in [2.45, 2.75) is 6.61 Å². The molecule has 0 aliphatic rings. The van der Waals surface area contributed by atoms with Crippen molar-refractivity contribution < 1.29 is 5.11 Å². The smallest absolute Gasteiger partial charge is 0.0694 e. The maximum absolute atomic E-state index is 10.8. The predicted octanol–water partition coefficient (Wildman–Crippen LogP) is 7.54. The van der Waals surface area contributed by atoms with Gasteiger partial charge < -0.3 is 20.2 Å². The van der Waals surface area contributed by atoms with E-state index in [9.17, 15) is 5.11 Å². The topological polar surface area (TPSA) is 38.7 Å². The molecule has 0 bridgehead atoms. The van der Waals surface area contributed by atoms with Crippen molar-refractivity contribution in [1.29, 1.82) is 0 Å². The summed E-state index contributed by atoms with van der Waals surface area (Å²) < 4.78 is 0. The lowest BCUT2D eigenvalue weighted by Crippen LogP contribution is -2.08. The Hall–Kier alpha value is -4.28. The predicted molar refractivity (Wildman–Crippen MR) is 159 cm³/mol. The Morgan fingerprint density at radius 3 is 1.57 bits per heavy atom. The first-order valence-corrected chi connectivity index (χ1v) is 12.5. The fourth-order valence-electron chi connectivity index (χ4n) is 4.93. The molecule has 4 nitrogen and oxygen atoms in total. The number of hydrogen-bond acceptors (Lipinski definition) is 4. The molecule has 2 N–H and O–H groups in total. The zero-order chi connectivity index (χ0) is 25.9. The summed E-state index contributed by atoms with van der Waals surface area (Å²) in [5.74, 6) is 0. The fraction of sp³-hybridized carbons (Fsp3) is 0.152. The van der Waals surface area contributed by atoms with Gasteiger partial charge in [-0.05, 0) is 64.0 Å². The largest absolute Gasteiger partial charge is 0.392 e. The van der Waals surface area contributed by atoms with E-state index in [1.54, 1.807) is 0 Å². The zero-order valence-corrected chi connectivity index (χ0v) is 21.9. The van der Waals surface area contributed by atoms with Gasteiger partial charge in [0.1, 0.15) is 0 Å². The summed E-state index contributed by atoms with van der Waals surface area (Å²) in [6.45, 7) is -0.0559. The minimum absolute atomic E-state index is 0.0559. The van der Waals surface area contributed by atoms with E-state index < -0.39 is 0 Å². The van der Waals surface area contributed by atoms with Crippen molar-refractivity contribution in [3.63, 3.8) is 0 Å². The van der Waals surface area contributed by atoms with Crippen LogP contribution in [0.25, 0.3) is 33.0 Å². The highest BCUT2D eigenvalue weighted by Gasteiger charge is 2.22. The highest BCUT2D eigenvalue weighted by molar-refractivity contribution is 6.11. The lowest BCUT2D eigenvalue weighted by molar-refractivity contribution is 0.284. The second kappa shape index (κ2) is 10.4. The van der Waals surface area contributed by atoms with E-state index in [-0.39, 0.29) is 6.61 Å². The third-order valence-electron chi connectivity index (χ3n) is 6.87. The summed E-state index contributed by atoms with van der Waals surface area (Å²) in [6, 6.07) is 35.8. The van der Waals surface area contributed by atoms with Crippen LogP contribution in [0.2, 0.25) is 0 Å². The third kappa shape index (κ3) is 4.76. The Labute approximate surface area is 219 Å². The molecule has 0 fully saturated rings. The van der Waals surface area contributed by atoms with Gasteiger partial charge >= 0.3 is 0 Å². The van der Waals surface area contributed by atoms with Crippen molar-refractivity contribution in [3.05, 3.63) is 109 Å². The second-order valence-electron chi connectivity index (χ2n) is 9.68. The fourth-order valence-corrected chi connectivity index (χ4v) is 4.93. The first-order valence-electron chi connectivity index (χ1n) is 12.5. The number of nitrogens with zero attached hydrogens (tertiary/aromatic N) is 2. The summed E-state index contributed by atoms with van der Waals surface area (Å²) in [4.78, 5) is 4.20. The molecule has 5 aromatic carbocycles. The number of nitrogens with one attached hydrogen (secondary N) is 1. The summed E-state index contributed by atoms with van der Waals surface area (Å²) >= 11 is 0. The first kappa shape index (κ1) is 24.4. The van der Waals surface area contributed by atoms with Gasteiger partial charge in [0.15, 0.2) is 0 Å². The minimum Gasteiger partial charge on any atom is -0.392 e. The molecular formula is C33H33N3O. The van der Waals surface area contributed by atoms with Crippen LogP contribution in [0.1, 0.15) is 5.56 Å². The van der Waals surface area contributed by atoms with Crippen LogP contribution in [0, 0.1) is 0 Å². The Kier molecular flexibility index (Phi) is 6.85. The van der Waals surface area contributed by atoms with E-state index in [4.69, 9.17) is 0 Å². The van der Waals surface area contributed by atoms with E-state index in [0.717, 1.165) is 61.3 Å². The van der Waals surface area contributed by atoms with Crippen LogP contribution >= 0.6 is 0 Å². The SMILES string of the molecule is CN(C)c1ccc(-c2c(-c3ccc(N(C)C)cc3)c(Nc3ccccc3)c3ccccc3c2CO)cc1. The molecule has 0 heterocycles. The summed E-state index contributed by atoms with van der Waals surface area (Å²) in [5, 5.41) is 16.6. The van der Waals surface area contributed by atoms with Crippen molar-refractivity contribution in [2.24, 2.45) is 0 Å². The van der Waals surface area contributed by atoms with Gasteiger partial charge in [-0.1, -0.05) is 66.7 Å². The molecule has 0 amide bonds. The van der Waals surface area contributed by atoms with Crippen LogP contribution in [0.5, 0.6) is 0 Å². The van der Waals surface area contributed by atoms with Gasteiger partial charge in [-0.3, -0.25) is 0 Å². The Morgan fingerprint density at radius 2 is 1.05 bits per heavy atom. The summed E-state index contributed by atoms with van der Waals surface area (Å²) in [6.07, 6.45) is 0. The van der Waals surface area contributed by atoms with Gasteiger partial charge in [0, 0.05) is 56.2 Å². The van der Waals surface area contributed by atoms with E-state index in [0.29, 0.717) is 0 Å². The van der Waals surface area contributed by atoms with Crippen LogP contribution in [0.15, 0.2) is 103 Å². The molecular weight excluding hydrogens is 454 g/mol. The van der Waals surface area contributed by atoms with Crippen LogP contribution in [0.3, 0.4) is 0 Å². The number of benzene rings is 5. The van der Waals surface area contributed by atoms with E-state index in [1.165, 1.54) is 0 Å². The molecule has 0 radical (unpaired) electrons. The quantitative estimate of drug-likeness (QED) is 0.249. The van der Waals surface area contributed by atoms with Gasteiger partial charge in [0.25, 0.3) is 0 Å². The van der Waals surface area contributed by atoms with Crippen LogP contribution in [-0.2, 0) is 6.61 Å². The lowest BCUT2D eigenvalue weighted by Gasteiger charge is -2.24. The summed E-state index contributed by atoms with van der Waals surface area (Å²) in [7, 11) is 8.19. The monoisotopic (exact) mass is 487 g/mol. The molecule has 186 valence electrons. The van der Waals surface area contributed by atoms with Gasteiger partial charge in [0.2, 0.25) is 0 Å². The van der Waals surface area contributed by atoms with Gasteiger partial charge in [-0.25, -0.2) is 0 Å². The molecule has 5 rings (SSSR count). The van der Waals surface area contributed by atoms with Crippen LogP contribution < -0.4 is 15.1 Å². The first-order chi connectivity index (χ1) is 18.0. The van der Waals surface area contributed by atoms with Crippen molar-refractivity contribution in [1.82, 2.24) is 0 Å². The number of para-hydroxylation sites is 1. The lowest BCUT2D eigenvalue weighted by atomic mass is 9.85. The molecule has 0 aliphatic carbocycles. The molecule has 37 heavy (non-hydrogen) atoms. The van der Waals surface area contributed by atoms with Gasteiger partial charge in [0.05, 0.1) is 12.3 Å². The number of fused-ring (bicyclic) bond motifs is 1. The molecule has 0 saturated heterocycles. The number of anilines is 4. The Balaban J connectivity index is 1.87. The Bertz CT molecular complexity index is 1510. The normalized spacial score (nSPS) is 10.9. The zero-order valence-electron chi connectivity index (χ0n) is 21.9. The van der Waals surface area contributed by atoms with E-state index in [2.05, 4.69) is 108 Å². The second-order valence-corrected chi connectivity index (χ2v) is 9.68. The van der Waals surface area contributed by atoms with Crippen LogP contribution in [-0.4, -0.2) is 33.3 Å². The number of rotatable bonds is 7. The molecule has 0 unspecified atom stereocenters. The number of hydrogen-bond donors (Lipinski definition) is 2. The number of aliphatic hydroxyl groups is 1. The third-order valence-corrected chi connectivity index (χ3v) is 6.87. The van der Waals surface area contributed by atoms with Crippen molar-refractivity contribution >= 4 is 33.5 Å². The number of aliphatic hydroxyl groups excluding tert-OH is 1. The molecule has 4 heteroatoms. The maximum atomic E-state index is 10.8. The average Bonchev–Trinajstić information content (AvgIpc) is 2.93. The minimum atomic E-state index is -0.0559. The molecule has 0 aromatic heterocycles. The van der Waals surface area contributed by atoms with E-state index in [1.807, 2.05) is 38.4 Å². The Morgan fingerprint density at radius 1 is 0.568 bits per heavy atom. The van der Waals surface area contributed by atoms with Crippen molar-refractivity contribution in [3.8, 4) is 22.3 Å². The maximum Gasteiger partial charge on any atom is 0.0694 e. The molecule has 5 aromatic rings. The average molecular weight is 488 g/mol. The van der Waals surface area contributed by atoms with E-state index >= 15 is 0 Å². The molecule has 0 spiro atoms. The highest BCUT2D eigenvalue weighted by Crippen LogP contribution is 2.47. The molecule has 0 saturated carbocycles. The molecule has 0 atom stereocenters. The van der Waals surface area contributed by atoms with Gasteiger partial charge in [-0.15, -0.1) is 0 Å². The highest BCUT2D eigenvalue weighted by atomic mass is 16.3. The molecule has 0 aliphatic heterocycles. The standard InChI is InChI=1S/C33H33N3O/c1-35(2)26-18-14-23(15-19-26)31-30(22-37)28-12-8-9-13-29(28)33(34-25-10-6-5-7-11-25)32(31)24-16-20-27(21-17-24)36(3)4/h5-21,34,37H,22H2,1-4H3.